The second kappa shape index (κ2) is 7.35. The molecular formula is C18H22N4O. The fourth-order valence-electron chi connectivity index (χ4n) is 2.78. The average Bonchev–Trinajstić information content (AvgIpc) is 2.57. The highest BCUT2D eigenvalue weighted by atomic mass is 16.2. The highest BCUT2D eigenvalue weighted by Crippen LogP contribution is 2.16. The van der Waals surface area contributed by atoms with Crippen LogP contribution in [0.25, 0.3) is 10.8 Å². The third-order valence-corrected chi connectivity index (χ3v) is 4.18. The zero-order chi connectivity index (χ0) is 16.1. The highest BCUT2D eigenvalue weighted by Gasteiger charge is 2.15. The van der Waals surface area contributed by atoms with Gasteiger partial charge in [0, 0.05) is 31.7 Å². The Balaban J connectivity index is 1.56. The van der Waals surface area contributed by atoms with Gasteiger partial charge in [0.2, 0.25) is 0 Å². The Bertz CT molecular complexity index is 700. The molecule has 23 heavy (non-hydrogen) atoms. The minimum Gasteiger partial charge on any atom is -0.304 e. The van der Waals surface area contributed by atoms with Gasteiger partial charge in [-0.05, 0) is 17.8 Å². The summed E-state index contributed by atoms with van der Waals surface area (Å²) >= 11 is 0. The van der Waals surface area contributed by atoms with Crippen LogP contribution in [0.5, 0.6) is 0 Å². The lowest BCUT2D eigenvalue weighted by atomic mass is 10.1. The molecule has 1 fully saturated rings. The van der Waals surface area contributed by atoms with Crippen molar-refractivity contribution in [3.8, 4) is 0 Å². The van der Waals surface area contributed by atoms with Crippen LogP contribution in [0.1, 0.15) is 5.56 Å². The number of benzene rings is 2. The second-order valence-corrected chi connectivity index (χ2v) is 5.94. The summed E-state index contributed by atoms with van der Waals surface area (Å²) in [7, 11) is 2.10. The lowest BCUT2D eigenvalue weighted by molar-refractivity contribution is -0.122. The van der Waals surface area contributed by atoms with E-state index >= 15 is 0 Å². The van der Waals surface area contributed by atoms with Crippen LogP contribution in [0.4, 0.5) is 0 Å². The highest BCUT2D eigenvalue weighted by molar-refractivity contribution is 5.99. The van der Waals surface area contributed by atoms with E-state index in [0.29, 0.717) is 6.54 Å². The number of nitrogens with one attached hydrogen (secondary N) is 1. The SMILES string of the molecule is CN1CCN(CC(=O)NN=Cc2cccc3ccccc23)CC1. The molecule has 2 aromatic rings. The molecule has 0 spiro atoms. The third-order valence-electron chi connectivity index (χ3n) is 4.18. The van der Waals surface area contributed by atoms with Crippen molar-refractivity contribution in [2.45, 2.75) is 0 Å². The Morgan fingerprint density at radius 3 is 2.70 bits per heavy atom. The number of amides is 1. The van der Waals surface area contributed by atoms with Gasteiger partial charge in [0.1, 0.15) is 0 Å². The van der Waals surface area contributed by atoms with Gasteiger partial charge in [-0.1, -0.05) is 42.5 Å². The number of hydrazone groups is 1. The number of nitrogens with zero attached hydrogens (tertiary/aromatic N) is 3. The van der Waals surface area contributed by atoms with Crippen molar-refractivity contribution in [2.75, 3.05) is 39.8 Å². The largest absolute Gasteiger partial charge is 0.304 e. The first kappa shape index (κ1) is 15.6. The Kier molecular flexibility index (Phi) is 5.00. The van der Waals surface area contributed by atoms with Gasteiger partial charge in [-0.25, -0.2) is 5.43 Å². The number of piperazine rings is 1. The Morgan fingerprint density at radius 2 is 1.87 bits per heavy atom. The van der Waals surface area contributed by atoms with Crippen molar-refractivity contribution < 1.29 is 4.79 Å². The van der Waals surface area contributed by atoms with E-state index in [1.54, 1.807) is 6.21 Å². The normalized spacial score (nSPS) is 16.9. The van der Waals surface area contributed by atoms with Crippen LogP contribution >= 0.6 is 0 Å². The molecule has 1 aliphatic rings. The number of hydrogen-bond acceptors (Lipinski definition) is 4. The van der Waals surface area contributed by atoms with E-state index in [1.165, 1.54) is 5.39 Å². The van der Waals surface area contributed by atoms with Crippen molar-refractivity contribution in [1.82, 2.24) is 15.2 Å². The van der Waals surface area contributed by atoms with Crippen molar-refractivity contribution in [3.05, 3.63) is 48.0 Å². The second-order valence-electron chi connectivity index (χ2n) is 5.94. The van der Waals surface area contributed by atoms with Crippen molar-refractivity contribution >= 4 is 22.9 Å². The maximum atomic E-state index is 12.0. The summed E-state index contributed by atoms with van der Waals surface area (Å²) in [5.41, 5.74) is 3.63. The average molecular weight is 310 g/mol. The predicted octanol–water partition coefficient (Wildman–Crippen LogP) is 1.54. The molecule has 5 heteroatoms. The lowest BCUT2D eigenvalue weighted by Crippen LogP contribution is -2.47. The molecule has 1 N–H and O–H groups in total. The molecule has 1 amide bonds. The summed E-state index contributed by atoms with van der Waals surface area (Å²) in [5.74, 6) is -0.0639. The number of likely N-dealkylation sites (N-methyl/N-ethyl adjacent to an activating group) is 1. The molecule has 120 valence electrons. The first-order chi connectivity index (χ1) is 11.2. The zero-order valence-electron chi connectivity index (χ0n) is 13.4. The topological polar surface area (TPSA) is 47.9 Å². The summed E-state index contributed by atoms with van der Waals surface area (Å²) in [6.07, 6.45) is 1.71. The van der Waals surface area contributed by atoms with E-state index < -0.39 is 0 Å². The van der Waals surface area contributed by atoms with Gasteiger partial charge >= 0.3 is 0 Å². The van der Waals surface area contributed by atoms with Gasteiger partial charge in [0.25, 0.3) is 5.91 Å². The summed E-state index contributed by atoms with van der Waals surface area (Å²) in [6.45, 7) is 4.27. The minimum atomic E-state index is -0.0639. The first-order valence-corrected chi connectivity index (χ1v) is 7.93. The molecule has 0 aromatic heterocycles. The van der Waals surface area contributed by atoms with Crippen molar-refractivity contribution in [3.63, 3.8) is 0 Å². The standard InChI is InChI=1S/C18H22N4O/c1-21-9-11-22(12-10-21)14-18(23)20-19-13-16-7-4-6-15-5-2-3-8-17(15)16/h2-8,13H,9-12,14H2,1H3,(H,20,23). The first-order valence-electron chi connectivity index (χ1n) is 7.93. The van der Waals surface area contributed by atoms with E-state index in [2.05, 4.69) is 45.6 Å². The summed E-state index contributed by atoms with van der Waals surface area (Å²) in [6, 6.07) is 14.2. The molecule has 1 heterocycles. The maximum Gasteiger partial charge on any atom is 0.254 e. The molecule has 0 atom stereocenters. The molecule has 0 bridgehead atoms. The summed E-state index contributed by atoms with van der Waals surface area (Å²) in [4.78, 5) is 16.4. The number of carbonyl (C=O) groups excluding carboxylic acids is 1. The molecule has 0 radical (unpaired) electrons. The van der Waals surface area contributed by atoms with E-state index in [4.69, 9.17) is 0 Å². The van der Waals surface area contributed by atoms with Gasteiger partial charge in [0.15, 0.2) is 0 Å². The van der Waals surface area contributed by atoms with Gasteiger partial charge in [-0.3, -0.25) is 9.69 Å². The van der Waals surface area contributed by atoms with Crippen LogP contribution in [-0.4, -0.2) is 61.7 Å². The zero-order valence-corrected chi connectivity index (χ0v) is 13.4. The molecule has 0 aliphatic carbocycles. The number of hydrogen-bond donors (Lipinski definition) is 1. The molecule has 0 unspecified atom stereocenters. The summed E-state index contributed by atoms with van der Waals surface area (Å²) < 4.78 is 0. The number of carbonyl (C=O) groups is 1. The van der Waals surface area contributed by atoms with Gasteiger partial charge < -0.3 is 4.90 Å². The van der Waals surface area contributed by atoms with Crippen LogP contribution in [-0.2, 0) is 4.79 Å². The Hall–Kier alpha value is -2.24. The minimum absolute atomic E-state index is 0.0639. The van der Waals surface area contributed by atoms with Crippen LogP contribution in [0, 0.1) is 0 Å². The van der Waals surface area contributed by atoms with Crippen LogP contribution in [0.3, 0.4) is 0 Å². The molecule has 3 rings (SSSR count). The van der Waals surface area contributed by atoms with Crippen LogP contribution < -0.4 is 5.43 Å². The van der Waals surface area contributed by atoms with E-state index in [0.717, 1.165) is 37.1 Å². The maximum absolute atomic E-state index is 12.0. The van der Waals surface area contributed by atoms with E-state index in [1.807, 2.05) is 24.3 Å². The molecule has 5 nitrogen and oxygen atoms in total. The molecule has 1 aliphatic heterocycles. The molecule has 1 saturated heterocycles. The number of fused-ring (bicyclic) bond motifs is 1. The molecule has 2 aromatic carbocycles. The Morgan fingerprint density at radius 1 is 1.13 bits per heavy atom. The predicted molar refractivity (Wildman–Crippen MR) is 93.6 cm³/mol. The lowest BCUT2D eigenvalue weighted by Gasteiger charge is -2.31. The monoisotopic (exact) mass is 310 g/mol. The van der Waals surface area contributed by atoms with Crippen LogP contribution in [0.15, 0.2) is 47.6 Å². The van der Waals surface area contributed by atoms with Gasteiger partial charge in [0.05, 0.1) is 12.8 Å². The fourth-order valence-corrected chi connectivity index (χ4v) is 2.78. The molecular weight excluding hydrogens is 288 g/mol. The van der Waals surface area contributed by atoms with Crippen molar-refractivity contribution in [2.24, 2.45) is 5.10 Å². The summed E-state index contributed by atoms with van der Waals surface area (Å²) in [5, 5.41) is 6.41. The quantitative estimate of drug-likeness (QED) is 0.688. The Labute approximate surface area is 136 Å². The van der Waals surface area contributed by atoms with Crippen molar-refractivity contribution in [1.29, 1.82) is 0 Å². The fraction of sp³-hybridized carbons (Fsp3) is 0.333. The van der Waals surface area contributed by atoms with E-state index in [-0.39, 0.29) is 5.91 Å². The smallest absolute Gasteiger partial charge is 0.254 e. The van der Waals surface area contributed by atoms with Gasteiger partial charge in [-0.15, -0.1) is 0 Å². The number of rotatable bonds is 4. The molecule has 0 saturated carbocycles. The third kappa shape index (κ3) is 4.15. The van der Waals surface area contributed by atoms with Crippen LogP contribution in [0.2, 0.25) is 0 Å². The van der Waals surface area contributed by atoms with E-state index in [9.17, 15) is 4.79 Å². The van der Waals surface area contributed by atoms with Gasteiger partial charge in [-0.2, -0.15) is 5.10 Å².